The fourth-order valence-electron chi connectivity index (χ4n) is 1.56. The number of carboxylic acid groups (broad SMARTS) is 1. The summed E-state index contributed by atoms with van der Waals surface area (Å²) in [6.07, 6.45) is 2.04. The van der Waals surface area contributed by atoms with Crippen molar-refractivity contribution in [1.82, 2.24) is 0 Å². The number of hydrogen-bond donors (Lipinski definition) is 2. The highest BCUT2D eigenvalue weighted by Crippen LogP contribution is 2.26. The first-order valence-corrected chi connectivity index (χ1v) is 8.31. The molecule has 0 aliphatic carbocycles. The molecule has 0 radical (unpaired) electrons. The molecule has 0 saturated carbocycles. The van der Waals surface area contributed by atoms with Crippen molar-refractivity contribution in [2.45, 2.75) is 30.6 Å². The predicted octanol–water partition coefficient (Wildman–Crippen LogP) is 2.12. The van der Waals surface area contributed by atoms with E-state index in [4.69, 9.17) is 15.0 Å². The molecular weight excluding hydrogens is 350 g/mol. The molecule has 0 aromatic heterocycles. The zero-order valence-corrected chi connectivity index (χ0v) is 13.1. The number of hydrogen-bond acceptors (Lipinski definition) is 4. The van der Waals surface area contributed by atoms with Gasteiger partial charge in [-0.25, -0.2) is 13.6 Å². The highest BCUT2D eigenvalue weighted by atomic mass is 79.9. The van der Waals surface area contributed by atoms with Crippen LogP contribution in [0, 0.1) is 0 Å². The van der Waals surface area contributed by atoms with Gasteiger partial charge in [0.05, 0.1) is 6.61 Å². The Balaban J connectivity index is 2.54. The molecule has 1 aromatic carbocycles. The molecule has 0 aliphatic heterocycles. The van der Waals surface area contributed by atoms with Crippen LogP contribution in [0.5, 0.6) is 5.75 Å². The van der Waals surface area contributed by atoms with E-state index in [1.165, 1.54) is 12.1 Å². The van der Waals surface area contributed by atoms with Gasteiger partial charge in [-0.2, -0.15) is 0 Å². The summed E-state index contributed by atoms with van der Waals surface area (Å²) in [6, 6.07) is 4.57. The summed E-state index contributed by atoms with van der Waals surface area (Å²) in [6.45, 7) is 0.309. The molecule has 0 unspecified atom stereocenters. The molecule has 0 saturated heterocycles. The summed E-state index contributed by atoms with van der Waals surface area (Å²) < 4.78 is 28.8. The molecule has 0 aliphatic rings. The van der Waals surface area contributed by atoms with Crippen LogP contribution in [0.25, 0.3) is 0 Å². The van der Waals surface area contributed by atoms with E-state index < -0.39 is 16.0 Å². The molecule has 1 aromatic rings. The van der Waals surface area contributed by atoms with Crippen LogP contribution in [0.1, 0.15) is 25.7 Å². The lowest BCUT2D eigenvalue weighted by Crippen LogP contribution is -2.14. The van der Waals surface area contributed by atoms with Gasteiger partial charge in [-0.1, -0.05) is 15.9 Å². The Morgan fingerprint density at radius 3 is 2.60 bits per heavy atom. The zero-order valence-electron chi connectivity index (χ0n) is 10.7. The fraction of sp³-hybridized carbons (Fsp3) is 0.417. The Labute approximate surface area is 126 Å². The monoisotopic (exact) mass is 365 g/mol. The average molecular weight is 366 g/mol. The Kier molecular flexibility index (Phi) is 6.44. The van der Waals surface area contributed by atoms with Crippen LogP contribution in [0.2, 0.25) is 0 Å². The number of rotatable bonds is 8. The topological polar surface area (TPSA) is 107 Å². The highest BCUT2D eigenvalue weighted by molar-refractivity contribution is 9.10. The van der Waals surface area contributed by atoms with E-state index in [-0.39, 0.29) is 17.1 Å². The minimum Gasteiger partial charge on any atom is -0.492 e. The smallest absolute Gasteiger partial charge is 0.303 e. The van der Waals surface area contributed by atoms with Crippen LogP contribution < -0.4 is 9.88 Å². The third-order valence-corrected chi connectivity index (χ3v) is 3.93. The second-order valence-electron chi connectivity index (χ2n) is 4.19. The van der Waals surface area contributed by atoms with E-state index in [0.29, 0.717) is 30.3 Å². The minimum absolute atomic E-state index is 0.0718. The molecule has 0 atom stereocenters. The first-order valence-electron chi connectivity index (χ1n) is 5.97. The lowest BCUT2D eigenvalue weighted by Gasteiger charge is -2.10. The molecule has 20 heavy (non-hydrogen) atoms. The lowest BCUT2D eigenvalue weighted by molar-refractivity contribution is -0.137. The Morgan fingerprint density at radius 2 is 2.00 bits per heavy atom. The van der Waals surface area contributed by atoms with Crippen molar-refractivity contribution in [1.29, 1.82) is 0 Å². The summed E-state index contributed by atoms with van der Waals surface area (Å²) in [5.74, 6) is -0.621. The SMILES string of the molecule is NS(=O)(=O)c1cc(Br)ccc1OCCCCCC(=O)O. The van der Waals surface area contributed by atoms with Gasteiger partial charge in [0.2, 0.25) is 10.0 Å². The van der Waals surface area contributed by atoms with Crippen molar-refractivity contribution in [3.63, 3.8) is 0 Å². The summed E-state index contributed by atoms with van der Waals surface area (Å²) in [4.78, 5) is 10.3. The molecule has 3 N–H and O–H groups in total. The number of carbonyl (C=O) groups is 1. The molecule has 0 heterocycles. The van der Waals surface area contributed by atoms with Gasteiger partial charge in [-0.15, -0.1) is 0 Å². The number of nitrogens with two attached hydrogens (primary N) is 1. The predicted molar refractivity (Wildman–Crippen MR) is 77.1 cm³/mol. The Hall–Kier alpha value is -1.12. The molecule has 0 amide bonds. The van der Waals surface area contributed by atoms with Crippen LogP contribution in [0.4, 0.5) is 0 Å². The summed E-state index contributed by atoms with van der Waals surface area (Å²) in [7, 11) is -3.85. The summed E-state index contributed by atoms with van der Waals surface area (Å²) in [5.41, 5.74) is 0. The van der Waals surface area contributed by atoms with Crippen LogP contribution in [-0.4, -0.2) is 26.1 Å². The van der Waals surface area contributed by atoms with E-state index in [9.17, 15) is 13.2 Å². The van der Waals surface area contributed by atoms with Gasteiger partial charge in [0.25, 0.3) is 0 Å². The standard InChI is InChI=1S/C12H16BrNO5S/c13-9-5-6-10(11(8-9)20(14,17)18)19-7-3-1-2-4-12(15)16/h5-6,8H,1-4,7H2,(H,15,16)(H2,14,17,18). The normalized spacial score (nSPS) is 11.3. The van der Waals surface area contributed by atoms with Gasteiger partial charge in [0.1, 0.15) is 10.6 Å². The number of aliphatic carboxylic acids is 1. The van der Waals surface area contributed by atoms with Crippen molar-refractivity contribution < 1.29 is 23.1 Å². The van der Waals surface area contributed by atoms with Crippen LogP contribution in [0.15, 0.2) is 27.6 Å². The zero-order chi connectivity index (χ0) is 15.2. The number of benzene rings is 1. The Morgan fingerprint density at radius 1 is 1.30 bits per heavy atom. The molecule has 0 fully saturated rings. The van der Waals surface area contributed by atoms with Crippen molar-refractivity contribution in [3.05, 3.63) is 22.7 Å². The van der Waals surface area contributed by atoms with Crippen LogP contribution >= 0.6 is 15.9 Å². The van der Waals surface area contributed by atoms with Crippen molar-refractivity contribution in [2.24, 2.45) is 5.14 Å². The second-order valence-corrected chi connectivity index (χ2v) is 6.63. The molecule has 0 bridgehead atoms. The van der Waals surface area contributed by atoms with E-state index in [0.717, 1.165) is 0 Å². The molecule has 112 valence electrons. The van der Waals surface area contributed by atoms with E-state index in [1.54, 1.807) is 6.07 Å². The van der Waals surface area contributed by atoms with Crippen LogP contribution in [-0.2, 0) is 14.8 Å². The number of halogens is 1. The molecule has 6 nitrogen and oxygen atoms in total. The molecular formula is C12H16BrNO5S. The lowest BCUT2D eigenvalue weighted by atomic mass is 10.2. The molecule has 0 spiro atoms. The first kappa shape index (κ1) is 16.9. The summed E-state index contributed by atoms with van der Waals surface area (Å²) >= 11 is 3.17. The van der Waals surface area contributed by atoms with Gasteiger partial charge in [0, 0.05) is 10.9 Å². The van der Waals surface area contributed by atoms with Crippen LogP contribution in [0.3, 0.4) is 0 Å². The average Bonchev–Trinajstić information content (AvgIpc) is 2.33. The number of ether oxygens (including phenoxy) is 1. The Bertz CT molecular complexity index is 573. The third kappa shape index (κ3) is 5.89. The number of primary sulfonamides is 1. The number of sulfonamides is 1. The number of carboxylic acids is 1. The summed E-state index contributed by atoms with van der Waals surface area (Å²) in [5, 5.41) is 13.6. The largest absolute Gasteiger partial charge is 0.492 e. The quantitative estimate of drug-likeness (QED) is 0.686. The third-order valence-electron chi connectivity index (χ3n) is 2.50. The van der Waals surface area contributed by atoms with Gasteiger partial charge in [0.15, 0.2) is 0 Å². The maximum absolute atomic E-state index is 11.4. The van der Waals surface area contributed by atoms with Crippen molar-refractivity contribution in [2.75, 3.05) is 6.61 Å². The van der Waals surface area contributed by atoms with Crippen molar-refractivity contribution >= 4 is 31.9 Å². The maximum Gasteiger partial charge on any atom is 0.303 e. The fourth-order valence-corrected chi connectivity index (χ4v) is 2.77. The van der Waals surface area contributed by atoms with Crippen molar-refractivity contribution in [3.8, 4) is 5.75 Å². The van der Waals surface area contributed by atoms with Gasteiger partial charge in [-0.3, -0.25) is 4.79 Å². The molecule has 1 rings (SSSR count). The minimum atomic E-state index is -3.85. The van der Waals surface area contributed by atoms with Gasteiger partial charge in [-0.05, 0) is 37.5 Å². The van der Waals surface area contributed by atoms with E-state index in [2.05, 4.69) is 15.9 Å². The maximum atomic E-state index is 11.4. The first-order chi connectivity index (χ1) is 9.30. The highest BCUT2D eigenvalue weighted by Gasteiger charge is 2.15. The number of unbranched alkanes of at least 4 members (excludes halogenated alkanes) is 2. The second kappa shape index (κ2) is 7.61. The molecule has 8 heteroatoms. The van der Waals surface area contributed by atoms with E-state index >= 15 is 0 Å². The van der Waals surface area contributed by atoms with E-state index in [1.807, 2.05) is 0 Å². The van der Waals surface area contributed by atoms with Gasteiger partial charge >= 0.3 is 5.97 Å². The van der Waals surface area contributed by atoms with Gasteiger partial charge < -0.3 is 9.84 Å².